The first-order valence-electron chi connectivity index (χ1n) is 4.84. The third kappa shape index (κ3) is 3.09. The molecule has 5 heteroatoms. The number of nitrogens with one attached hydrogen (secondary N) is 1. The van der Waals surface area contributed by atoms with Crippen LogP contribution in [0.1, 0.15) is 5.76 Å². The van der Waals surface area contributed by atoms with Crippen molar-refractivity contribution in [2.24, 2.45) is 0 Å². The van der Waals surface area contributed by atoms with Crippen LogP contribution < -0.4 is 5.32 Å². The zero-order chi connectivity index (χ0) is 10.7. The summed E-state index contributed by atoms with van der Waals surface area (Å²) < 4.78 is 5.98. The van der Waals surface area contributed by atoms with Gasteiger partial charge in [-0.15, -0.1) is 0 Å². The number of hydrogen-bond donors (Lipinski definition) is 1. The van der Waals surface area contributed by atoms with Gasteiger partial charge >= 0.3 is 0 Å². The van der Waals surface area contributed by atoms with Crippen molar-refractivity contribution in [2.45, 2.75) is 12.5 Å². The Kier molecular flexibility index (Phi) is 3.88. The first-order valence-corrected chi connectivity index (χ1v) is 6.78. The Hall–Kier alpha value is -0.260. The van der Waals surface area contributed by atoms with Gasteiger partial charge in [-0.05, 0) is 28.1 Å². The van der Waals surface area contributed by atoms with Crippen LogP contribution in [-0.2, 0) is 11.2 Å². The van der Waals surface area contributed by atoms with Gasteiger partial charge in [-0.1, -0.05) is 0 Å². The molecule has 1 aromatic heterocycles. The lowest BCUT2D eigenvalue weighted by Crippen LogP contribution is -2.44. The summed E-state index contributed by atoms with van der Waals surface area (Å²) in [4.78, 5) is 11.8. The first kappa shape index (κ1) is 11.2. The standard InChI is InChI=1S/C10H12BrNO2S/c11-10-2-1-7(14-10)5-9(13)8-6-15-4-3-12-8/h1-2,8,12H,3-6H2. The summed E-state index contributed by atoms with van der Waals surface area (Å²) in [6.45, 7) is 0.920. The molecule has 0 radical (unpaired) electrons. The molecule has 1 N–H and O–H groups in total. The van der Waals surface area contributed by atoms with Gasteiger partial charge in [-0.3, -0.25) is 4.79 Å². The summed E-state index contributed by atoms with van der Waals surface area (Å²) >= 11 is 5.04. The molecule has 1 aromatic rings. The second-order valence-corrected chi connectivity index (χ2v) is 5.36. The maximum absolute atomic E-state index is 11.8. The van der Waals surface area contributed by atoms with Crippen molar-refractivity contribution in [3.8, 4) is 0 Å². The number of carbonyl (C=O) groups excluding carboxylic acids is 1. The number of furan rings is 1. The lowest BCUT2D eigenvalue weighted by Gasteiger charge is -2.21. The number of rotatable bonds is 3. The number of Topliss-reactive ketones (excluding diaryl/α,β-unsaturated/α-hetero) is 1. The third-order valence-corrected chi connectivity index (χ3v) is 3.78. The molecule has 2 heterocycles. The Morgan fingerprint density at radius 1 is 1.67 bits per heavy atom. The van der Waals surface area contributed by atoms with Crippen LogP contribution in [0, 0.1) is 0 Å². The van der Waals surface area contributed by atoms with E-state index >= 15 is 0 Å². The molecule has 3 nitrogen and oxygen atoms in total. The van der Waals surface area contributed by atoms with Gasteiger partial charge in [0.05, 0.1) is 12.5 Å². The Balaban J connectivity index is 1.91. The fraction of sp³-hybridized carbons (Fsp3) is 0.500. The highest BCUT2D eigenvalue weighted by Crippen LogP contribution is 2.16. The quantitative estimate of drug-likeness (QED) is 0.922. The van der Waals surface area contributed by atoms with E-state index in [1.54, 1.807) is 0 Å². The molecule has 0 aliphatic carbocycles. The highest BCUT2D eigenvalue weighted by atomic mass is 79.9. The summed E-state index contributed by atoms with van der Waals surface area (Å²) in [6.07, 6.45) is 0.379. The van der Waals surface area contributed by atoms with Gasteiger partial charge in [-0.2, -0.15) is 11.8 Å². The van der Waals surface area contributed by atoms with Crippen LogP contribution in [-0.4, -0.2) is 29.9 Å². The molecule has 1 fully saturated rings. The first-order chi connectivity index (χ1) is 7.25. The third-order valence-electron chi connectivity index (χ3n) is 2.29. The predicted molar refractivity (Wildman–Crippen MR) is 64.2 cm³/mol. The Morgan fingerprint density at radius 2 is 2.53 bits per heavy atom. The molecule has 1 atom stereocenters. The Labute approximate surface area is 101 Å². The number of carbonyl (C=O) groups is 1. The minimum Gasteiger partial charge on any atom is -0.454 e. The summed E-state index contributed by atoms with van der Waals surface area (Å²) in [7, 11) is 0. The van der Waals surface area contributed by atoms with E-state index in [2.05, 4.69) is 21.2 Å². The molecule has 15 heavy (non-hydrogen) atoms. The van der Waals surface area contributed by atoms with E-state index in [1.807, 2.05) is 23.9 Å². The number of thioether (sulfide) groups is 1. The van der Waals surface area contributed by atoms with E-state index in [0.717, 1.165) is 23.8 Å². The molecule has 0 bridgehead atoms. The fourth-order valence-electron chi connectivity index (χ4n) is 1.51. The van der Waals surface area contributed by atoms with Gasteiger partial charge in [0.2, 0.25) is 0 Å². The van der Waals surface area contributed by atoms with Crippen LogP contribution >= 0.6 is 27.7 Å². The molecule has 0 spiro atoms. The van der Waals surface area contributed by atoms with Gasteiger partial charge in [0.25, 0.3) is 0 Å². The minimum absolute atomic E-state index is 0.00683. The Morgan fingerprint density at radius 3 is 3.13 bits per heavy atom. The van der Waals surface area contributed by atoms with Crippen LogP contribution in [0.5, 0.6) is 0 Å². The van der Waals surface area contributed by atoms with E-state index in [9.17, 15) is 4.79 Å². The number of halogens is 1. The minimum atomic E-state index is -0.00683. The SMILES string of the molecule is O=C(Cc1ccc(Br)o1)C1CSCCN1. The van der Waals surface area contributed by atoms with E-state index in [0.29, 0.717) is 11.1 Å². The maximum Gasteiger partial charge on any atom is 0.169 e. The van der Waals surface area contributed by atoms with Crippen molar-refractivity contribution in [2.75, 3.05) is 18.1 Å². The van der Waals surface area contributed by atoms with Gasteiger partial charge in [0.15, 0.2) is 10.5 Å². The molecule has 0 saturated carbocycles. The smallest absolute Gasteiger partial charge is 0.169 e. The summed E-state index contributed by atoms with van der Waals surface area (Å²) in [5.74, 6) is 2.91. The molecular weight excluding hydrogens is 278 g/mol. The molecule has 1 saturated heterocycles. The van der Waals surface area contributed by atoms with Crippen LogP contribution in [0.2, 0.25) is 0 Å². The molecule has 1 unspecified atom stereocenters. The second kappa shape index (κ2) is 5.18. The fourth-order valence-corrected chi connectivity index (χ4v) is 2.82. The van der Waals surface area contributed by atoms with E-state index in [-0.39, 0.29) is 11.8 Å². The van der Waals surface area contributed by atoms with Gasteiger partial charge in [-0.25, -0.2) is 0 Å². The average Bonchev–Trinajstić information content (AvgIpc) is 2.65. The van der Waals surface area contributed by atoms with Gasteiger partial charge < -0.3 is 9.73 Å². The van der Waals surface area contributed by atoms with Gasteiger partial charge in [0.1, 0.15) is 5.76 Å². The molecule has 1 aliphatic rings. The summed E-state index contributed by atoms with van der Waals surface area (Å²) in [5.41, 5.74) is 0. The average molecular weight is 290 g/mol. The zero-order valence-corrected chi connectivity index (χ0v) is 10.6. The number of hydrogen-bond acceptors (Lipinski definition) is 4. The normalized spacial score (nSPS) is 21.5. The van der Waals surface area contributed by atoms with Crippen LogP contribution in [0.3, 0.4) is 0 Å². The van der Waals surface area contributed by atoms with Crippen molar-refractivity contribution < 1.29 is 9.21 Å². The highest BCUT2D eigenvalue weighted by molar-refractivity contribution is 9.10. The Bertz CT molecular complexity index is 347. The van der Waals surface area contributed by atoms with Crippen molar-refractivity contribution in [1.29, 1.82) is 0 Å². The van der Waals surface area contributed by atoms with E-state index in [4.69, 9.17) is 4.42 Å². The molecule has 82 valence electrons. The summed E-state index contributed by atoms with van der Waals surface area (Å²) in [5, 5.41) is 3.22. The van der Waals surface area contributed by atoms with Crippen LogP contribution in [0.15, 0.2) is 21.2 Å². The van der Waals surface area contributed by atoms with E-state index in [1.165, 1.54) is 0 Å². The largest absolute Gasteiger partial charge is 0.454 e. The van der Waals surface area contributed by atoms with Crippen LogP contribution in [0.4, 0.5) is 0 Å². The second-order valence-electron chi connectivity index (χ2n) is 3.43. The molecular formula is C10H12BrNO2S. The van der Waals surface area contributed by atoms with Crippen molar-refractivity contribution in [3.05, 3.63) is 22.6 Å². The number of ketones is 1. The predicted octanol–water partition coefficient (Wildman–Crippen LogP) is 1.86. The lowest BCUT2D eigenvalue weighted by atomic mass is 10.1. The van der Waals surface area contributed by atoms with Crippen molar-refractivity contribution in [3.63, 3.8) is 0 Å². The maximum atomic E-state index is 11.8. The molecule has 0 aromatic carbocycles. The monoisotopic (exact) mass is 289 g/mol. The molecule has 1 aliphatic heterocycles. The van der Waals surface area contributed by atoms with Crippen molar-refractivity contribution >= 4 is 33.5 Å². The van der Waals surface area contributed by atoms with Gasteiger partial charge in [0, 0.05) is 18.1 Å². The van der Waals surface area contributed by atoms with Crippen molar-refractivity contribution in [1.82, 2.24) is 5.32 Å². The van der Waals surface area contributed by atoms with Crippen LogP contribution in [0.25, 0.3) is 0 Å². The lowest BCUT2D eigenvalue weighted by molar-refractivity contribution is -0.120. The zero-order valence-electron chi connectivity index (χ0n) is 8.16. The van der Waals surface area contributed by atoms with E-state index < -0.39 is 0 Å². The topological polar surface area (TPSA) is 42.2 Å². The molecule has 0 amide bonds. The summed E-state index contributed by atoms with van der Waals surface area (Å²) in [6, 6.07) is 3.64. The molecule has 2 rings (SSSR count). The highest BCUT2D eigenvalue weighted by Gasteiger charge is 2.21.